The normalized spacial score (nSPS) is 13.1. The van der Waals surface area contributed by atoms with E-state index in [9.17, 15) is 17.6 Å². The largest absolute Gasteiger partial charge is 0.469 e. The molecule has 0 heterocycles. The maximum Gasteiger partial charge on any atom is 0.306 e. The Kier molecular flexibility index (Phi) is 5.49. The third-order valence-corrected chi connectivity index (χ3v) is 5.68. The fourth-order valence-electron chi connectivity index (χ4n) is 1.46. The maximum absolute atomic E-state index is 13.3. The van der Waals surface area contributed by atoms with Crippen LogP contribution in [0, 0.1) is 5.82 Å². The minimum Gasteiger partial charge on any atom is -0.469 e. The van der Waals surface area contributed by atoms with E-state index in [1.54, 1.807) is 0 Å². The molecule has 4 nitrogen and oxygen atoms in total. The lowest BCUT2D eigenvalue weighted by atomic mass is 10.2. The first-order chi connectivity index (χ1) is 8.77. The Morgan fingerprint density at radius 1 is 1.47 bits per heavy atom. The molecule has 0 saturated heterocycles. The van der Waals surface area contributed by atoms with E-state index in [1.165, 1.54) is 32.2 Å². The molecule has 0 aliphatic carbocycles. The summed E-state index contributed by atoms with van der Waals surface area (Å²) in [4.78, 5) is 11.1. The molecule has 0 fully saturated rings. The van der Waals surface area contributed by atoms with Crippen LogP contribution in [-0.2, 0) is 25.1 Å². The summed E-state index contributed by atoms with van der Waals surface area (Å²) < 4.78 is 42.0. The van der Waals surface area contributed by atoms with Crippen LogP contribution in [0.25, 0.3) is 0 Å². The molecule has 1 aromatic carbocycles. The van der Waals surface area contributed by atoms with E-state index < -0.39 is 26.9 Å². The van der Waals surface area contributed by atoms with Crippen molar-refractivity contribution in [1.29, 1.82) is 0 Å². The molecule has 0 amide bonds. The molecule has 0 spiro atoms. The van der Waals surface area contributed by atoms with Gasteiger partial charge in [0.2, 0.25) is 0 Å². The Bertz CT molecular complexity index is 571. The Hall–Kier alpha value is -0.950. The zero-order valence-electron chi connectivity index (χ0n) is 10.5. The van der Waals surface area contributed by atoms with Gasteiger partial charge in [0.05, 0.1) is 29.0 Å². The predicted octanol–water partition coefficient (Wildman–Crippen LogP) is 2.45. The molecule has 0 aliphatic rings. The monoisotopic (exact) mass is 352 g/mol. The smallest absolute Gasteiger partial charge is 0.306 e. The number of halogens is 2. The molecule has 0 N–H and O–H groups in total. The molecule has 1 atom stereocenters. The van der Waals surface area contributed by atoms with Crippen molar-refractivity contribution in [2.45, 2.75) is 24.3 Å². The quantitative estimate of drug-likeness (QED) is 0.763. The number of sulfone groups is 1. The fourth-order valence-corrected chi connectivity index (χ4v) is 3.40. The van der Waals surface area contributed by atoms with E-state index in [-0.39, 0.29) is 16.6 Å². The minimum atomic E-state index is -3.56. The van der Waals surface area contributed by atoms with Crippen molar-refractivity contribution in [2.75, 3.05) is 7.11 Å². The number of benzene rings is 1. The zero-order chi connectivity index (χ0) is 14.6. The van der Waals surface area contributed by atoms with Crippen LogP contribution in [0.3, 0.4) is 0 Å². The van der Waals surface area contributed by atoms with Gasteiger partial charge in [0.1, 0.15) is 5.82 Å². The molecule has 0 aromatic heterocycles. The van der Waals surface area contributed by atoms with Crippen LogP contribution in [0.5, 0.6) is 0 Å². The van der Waals surface area contributed by atoms with E-state index in [2.05, 4.69) is 20.7 Å². The Labute approximate surface area is 120 Å². The summed E-state index contributed by atoms with van der Waals surface area (Å²) in [5.74, 6) is -1.44. The lowest BCUT2D eigenvalue weighted by molar-refractivity contribution is -0.140. The van der Waals surface area contributed by atoms with Gasteiger partial charge in [-0.15, -0.1) is 0 Å². The number of carbonyl (C=O) groups is 1. The number of hydrogen-bond acceptors (Lipinski definition) is 4. The molecule has 19 heavy (non-hydrogen) atoms. The molecule has 0 bridgehead atoms. The number of hydrogen-bond donors (Lipinski definition) is 0. The van der Waals surface area contributed by atoms with Crippen molar-refractivity contribution in [2.24, 2.45) is 0 Å². The summed E-state index contributed by atoms with van der Waals surface area (Å²) in [5, 5.41) is -0.880. The molecule has 0 aliphatic heterocycles. The van der Waals surface area contributed by atoms with Crippen molar-refractivity contribution < 1.29 is 22.3 Å². The SMILES string of the molecule is COC(=O)CC(C)S(=O)(=O)Cc1cccc(F)c1Br. The zero-order valence-corrected chi connectivity index (χ0v) is 12.9. The first-order valence-electron chi connectivity index (χ1n) is 5.49. The third-order valence-electron chi connectivity index (χ3n) is 2.68. The molecular formula is C12H14BrFO4S. The summed E-state index contributed by atoms with van der Waals surface area (Å²) in [5.41, 5.74) is 0.330. The molecular weight excluding hydrogens is 339 g/mol. The second-order valence-corrected chi connectivity index (χ2v) is 7.32. The number of methoxy groups -OCH3 is 1. The van der Waals surface area contributed by atoms with Gasteiger partial charge in [-0.2, -0.15) is 0 Å². The van der Waals surface area contributed by atoms with E-state index in [0.29, 0.717) is 5.56 Å². The maximum atomic E-state index is 13.3. The van der Waals surface area contributed by atoms with Crippen LogP contribution in [0.4, 0.5) is 4.39 Å². The van der Waals surface area contributed by atoms with Gasteiger partial charge >= 0.3 is 5.97 Å². The van der Waals surface area contributed by atoms with Crippen LogP contribution in [0.1, 0.15) is 18.9 Å². The molecule has 7 heteroatoms. The van der Waals surface area contributed by atoms with Gasteiger partial charge in [-0.05, 0) is 34.5 Å². The van der Waals surface area contributed by atoms with Crippen LogP contribution >= 0.6 is 15.9 Å². The Balaban J connectivity index is 2.90. The standard InChI is InChI=1S/C12H14BrFO4S/c1-8(6-11(15)18-2)19(16,17)7-9-4-3-5-10(14)12(9)13/h3-5,8H,6-7H2,1-2H3. The first-order valence-corrected chi connectivity index (χ1v) is 8.00. The van der Waals surface area contributed by atoms with Gasteiger partial charge in [-0.1, -0.05) is 12.1 Å². The van der Waals surface area contributed by atoms with Crippen LogP contribution < -0.4 is 0 Å². The highest BCUT2D eigenvalue weighted by Gasteiger charge is 2.25. The second-order valence-electron chi connectivity index (χ2n) is 4.11. The Morgan fingerprint density at radius 3 is 2.68 bits per heavy atom. The number of rotatable bonds is 5. The average molecular weight is 353 g/mol. The second kappa shape index (κ2) is 6.47. The number of ether oxygens (including phenoxy) is 1. The summed E-state index contributed by atoms with van der Waals surface area (Å²) in [6.07, 6.45) is -0.216. The topological polar surface area (TPSA) is 60.4 Å². The lowest BCUT2D eigenvalue weighted by Gasteiger charge is -2.12. The highest BCUT2D eigenvalue weighted by Crippen LogP contribution is 2.24. The van der Waals surface area contributed by atoms with Crippen molar-refractivity contribution in [3.05, 3.63) is 34.1 Å². The summed E-state index contributed by atoms with van der Waals surface area (Å²) in [7, 11) is -2.36. The van der Waals surface area contributed by atoms with E-state index in [0.717, 1.165) is 0 Å². The Morgan fingerprint density at radius 2 is 2.11 bits per heavy atom. The molecule has 1 rings (SSSR count). The lowest BCUT2D eigenvalue weighted by Crippen LogP contribution is -2.23. The summed E-state index contributed by atoms with van der Waals surface area (Å²) in [6, 6.07) is 4.20. The van der Waals surface area contributed by atoms with Crippen molar-refractivity contribution in [1.82, 2.24) is 0 Å². The van der Waals surface area contributed by atoms with Gasteiger partial charge < -0.3 is 4.74 Å². The molecule has 0 radical (unpaired) electrons. The molecule has 1 aromatic rings. The van der Waals surface area contributed by atoms with Crippen molar-refractivity contribution >= 4 is 31.7 Å². The van der Waals surface area contributed by atoms with Gasteiger partial charge in [0, 0.05) is 0 Å². The van der Waals surface area contributed by atoms with Crippen LogP contribution in [0.2, 0.25) is 0 Å². The number of esters is 1. The minimum absolute atomic E-state index is 0.129. The average Bonchev–Trinajstić information content (AvgIpc) is 2.34. The van der Waals surface area contributed by atoms with Crippen LogP contribution in [-0.4, -0.2) is 26.7 Å². The van der Waals surface area contributed by atoms with E-state index in [4.69, 9.17) is 0 Å². The highest BCUT2D eigenvalue weighted by molar-refractivity contribution is 9.10. The van der Waals surface area contributed by atoms with E-state index in [1.807, 2.05) is 0 Å². The molecule has 106 valence electrons. The first kappa shape index (κ1) is 16.1. The van der Waals surface area contributed by atoms with Gasteiger partial charge in [-0.3, -0.25) is 4.79 Å². The van der Waals surface area contributed by atoms with Crippen molar-refractivity contribution in [3.8, 4) is 0 Å². The van der Waals surface area contributed by atoms with E-state index >= 15 is 0 Å². The summed E-state index contributed by atoms with van der Waals surface area (Å²) >= 11 is 3.02. The predicted molar refractivity (Wildman–Crippen MR) is 72.8 cm³/mol. The van der Waals surface area contributed by atoms with Gasteiger partial charge in [0.15, 0.2) is 9.84 Å². The molecule has 1 unspecified atom stereocenters. The fraction of sp³-hybridized carbons (Fsp3) is 0.417. The highest BCUT2D eigenvalue weighted by atomic mass is 79.9. The van der Waals surface area contributed by atoms with Gasteiger partial charge in [-0.25, -0.2) is 12.8 Å². The third kappa shape index (κ3) is 4.28. The number of carbonyl (C=O) groups excluding carboxylic acids is 1. The summed E-state index contributed by atoms with van der Waals surface area (Å²) in [6.45, 7) is 1.43. The van der Waals surface area contributed by atoms with Crippen LogP contribution in [0.15, 0.2) is 22.7 Å². The van der Waals surface area contributed by atoms with Gasteiger partial charge in [0.25, 0.3) is 0 Å². The molecule has 0 saturated carbocycles. The van der Waals surface area contributed by atoms with Crippen molar-refractivity contribution in [3.63, 3.8) is 0 Å².